The zero-order chi connectivity index (χ0) is 23.1. The molecule has 0 fully saturated rings. The standard InChI is InChI=1S/C25H19FN4O3/c1-15-23(20-11-17(26)8-9-21(20)29(15)14-22(31)32)24-18-6-2-3-7-19(18)25(33)30(28-24)13-16-5-4-10-27-12-16/h2-12H,13-14H2,1H3,(H,31,32). The fourth-order valence-corrected chi connectivity index (χ4v) is 4.28. The monoisotopic (exact) mass is 442 g/mol. The van der Waals surface area contributed by atoms with Crippen molar-refractivity contribution in [2.75, 3.05) is 0 Å². The van der Waals surface area contributed by atoms with Crippen LogP contribution in [0, 0.1) is 12.7 Å². The van der Waals surface area contributed by atoms with E-state index < -0.39 is 11.8 Å². The second-order valence-electron chi connectivity index (χ2n) is 7.82. The van der Waals surface area contributed by atoms with Gasteiger partial charge in [-0.3, -0.25) is 14.6 Å². The summed E-state index contributed by atoms with van der Waals surface area (Å²) < 4.78 is 17.3. The quantitative estimate of drug-likeness (QED) is 0.445. The van der Waals surface area contributed by atoms with E-state index in [4.69, 9.17) is 5.10 Å². The van der Waals surface area contributed by atoms with Crippen LogP contribution in [0.5, 0.6) is 0 Å². The third kappa shape index (κ3) is 3.55. The number of carbonyl (C=O) groups is 1. The highest BCUT2D eigenvalue weighted by Gasteiger charge is 2.22. The van der Waals surface area contributed by atoms with Crippen molar-refractivity contribution in [2.45, 2.75) is 20.0 Å². The lowest BCUT2D eigenvalue weighted by atomic mass is 10.0. The van der Waals surface area contributed by atoms with Crippen LogP contribution in [0.25, 0.3) is 32.9 Å². The van der Waals surface area contributed by atoms with Crippen LogP contribution in [0.1, 0.15) is 11.3 Å². The van der Waals surface area contributed by atoms with Gasteiger partial charge in [0.1, 0.15) is 18.1 Å². The molecule has 0 radical (unpaired) electrons. The number of carboxylic acids is 1. The predicted molar refractivity (Wildman–Crippen MR) is 123 cm³/mol. The molecule has 164 valence electrons. The van der Waals surface area contributed by atoms with Crippen LogP contribution in [0.3, 0.4) is 0 Å². The maximum atomic E-state index is 14.3. The van der Waals surface area contributed by atoms with E-state index >= 15 is 0 Å². The summed E-state index contributed by atoms with van der Waals surface area (Å²) in [6, 6.07) is 15.0. The molecule has 0 saturated heterocycles. The van der Waals surface area contributed by atoms with E-state index in [-0.39, 0.29) is 18.6 Å². The van der Waals surface area contributed by atoms with Gasteiger partial charge in [0.2, 0.25) is 0 Å². The molecular weight excluding hydrogens is 423 g/mol. The van der Waals surface area contributed by atoms with Crippen LogP contribution in [0.2, 0.25) is 0 Å². The van der Waals surface area contributed by atoms with Crippen molar-refractivity contribution >= 4 is 27.6 Å². The van der Waals surface area contributed by atoms with Crippen molar-refractivity contribution in [3.8, 4) is 11.3 Å². The summed E-state index contributed by atoms with van der Waals surface area (Å²) in [6.07, 6.45) is 3.32. The van der Waals surface area contributed by atoms with Crippen LogP contribution in [-0.4, -0.2) is 30.4 Å². The van der Waals surface area contributed by atoms with E-state index in [1.807, 2.05) is 12.1 Å². The first-order valence-corrected chi connectivity index (χ1v) is 10.3. The Morgan fingerprint density at radius 1 is 1.06 bits per heavy atom. The number of carboxylic acid groups (broad SMARTS) is 1. The third-order valence-electron chi connectivity index (χ3n) is 5.74. The van der Waals surface area contributed by atoms with Crippen molar-refractivity contribution in [1.82, 2.24) is 19.3 Å². The third-order valence-corrected chi connectivity index (χ3v) is 5.74. The number of nitrogens with zero attached hydrogens (tertiary/aromatic N) is 4. The van der Waals surface area contributed by atoms with Crippen molar-refractivity contribution in [3.05, 3.63) is 94.4 Å². The SMILES string of the molecule is Cc1c(-c2nn(Cc3cccnc3)c(=O)c3ccccc23)c2cc(F)ccc2n1CC(=O)O. The first-order valence-electron chi connectivity index (χ1n) is 10.3. The molecule has 0 amide bonds. The molecular formula is C25H19FN4O3. The Kier molecular flexibility index (Phi) is 4.97. The molecule has 0 bridgehead atoms. The van der Waals surface area contributed by atoms with Gasteiger partial charge in [-0.05, 0) is 42.8 Å². The maximum Gasteiger partial charge on any atom is 0.323 e. The van der Waals surface area contributed by atoms with Gasteiger partial charge < -0.3 is 9.67 Å². The number of hydrogen-bond acceptors (Lipinski definition) is 4. The maximum absolute atomic E-state index is 14.3. The van der Waals surface area contributed by atoms with Gasteiger partial charge in [0, 0.05) is 39.9 Å². The highest BCUT2D eigenvalue weighted by Crippen LogP contribution is 2.36. The minimum absolute atomic E-state index is 0.214. The minimum Gasteiger partial charge on any atom is -0.480 e. The molecule has 5 aromatic rings. The van der Waals surface area contributed by atoms with Crippen molar-refractivity contribution in [3.63, 3.8) is 0 Å². The second-order valence-corrected chi connectivity index (χ2v) is 7.82. The van der Waals surface area contributed by atoms with Gasteiger partial charge in [0.15, 0.2) is 0 Å². The van der Waals surface area contributed by atoms with Crippen molar-refractivity contribution < 1.29 is 14.3 Å². The number of pyridine rings is 1. The fraction of sp³-hybridized carbons (Fsp3) is 0.120. The summed E-state index contributed by atoms with van der Waals surface area (Å²) in [6.45, 7) is 1.72. The van der Waals surface area contributed by atoms with Crippen LogP contribution in [0.15, 0.2) is 71.8 Å². The molecule has 7 nitrogen and oxygen atoms in total. The van der Waals surface area contributed by atoms with Gasteiger partial charge >= 0.3 is 5.97 Å². The number of hydrogen-bond donors (Lipinski definition) is 1. The summed E-state index contributed by atoms with van der Waals surface area (Å²) in [7, 11) is 0. The van der Waals surface area contributed by atoms with Crippen LogP contribution < -0.4 is 5.56 Å². The number of halogens is 1. The smallest absolute Gasteiger partial charge is 0.323 e. The number of aromatic nitrogens is 4. The Balaban J connectivity index is 1.85. The Labute approximate surface area is 187 Å². The van der Waals surface area contributed by atoms with Crippen molar-refractivity contribution in [1.29, 1.82) is 0 Å². The first kappa shape index (κ1) is 20.6. The lowest BCUT2D eigenvalue weighted by molar-refractivity contribution is -0.137. The van der Waals surface area contributed by atoms with E-state index in [0.29, 0.717) is 38.6 Å². The summed E-state index contributed by atoms with van der Waals surface area (Å²) in [5.41, 5.74) is 2.86. The fourth-order valence-electron chi connectivity index (χ4n) is 4.28. The highest BCUT2D eigenvalue weighted by atomic mass is 19.1. The normalized spacial score (nSPS) is 11.3. The molecule has 33 heavy (non-hydrogen) atoms. The van der Waals surface area contributed by atoms with Crippen LogP contribution >= 0.6 is 0 Å². The lowest BCUT2D eigenvalue weighted by Gasteiger charge is -2.12. The number of fused-ring (bicyclic) bond motifs is 2. The molecule has 3 heterocycles. The average Bonchev–Trinajstić information content (AvgIpc) is 3.06. The molecule has 0 spiro atoms. The zero-order valence-corrected chi connectivity index (χ0v) is 17.7. The van der Waals surface area contributed by atoms with E-state index in [1.54, 1.807) is 54.2 Å². The Morgan fingerprint density at radius 3 is 2.58 bits per heavy atom. The Hall–Kier alpha value is -4.33. The predicted octanol–water partition coefficient (Wildman–Crippen LogP) is 3.99. The van der Waals surface area contributed by atoms with E-state index in [9.17, 15) is 19.1 Å². The zero-order valence-electron chi connectivity index (χ0n) is 17.7. The van der Waals surface area contributed by atoms with E-state index in [1.165, 1.54) is 16.8 Å². The molecule has 8 heteroatoms. The topological polar surface area (TPSA) is 90.0 Å². The Bertz CT molecular complexity index is 1590. The average molecular weight is 442 g/mol. The summed E-state index contributed by atoms with van der Waals surface area (Å²) in [5, 5.41) is 15.8. The molecule has 1 N–H and O–H groups in total. The molecule has 0 atom stereocenters. The van der Waals surface area contributed by atoms with Crippen LogP contribution in [-0.2, 0) is 17.9 Å². The highest BCUT2D eigenvalue weighted by molar-refractivity contribution is 6.05. The largest absolute Gasteiger partial charge is 0.480 e. The van der Waals surface area contributed by atoms with E-state index in [0.717, 1.165) is 5.56 Å². The summed E-state index contributed by atoms with van der Waals surface area (Å²) in [4.78, 5) is 28.8. The molecule has 5 rings (SSSR count). The molecule has 0 aliphatic heterocycles. The molecule has 2 aromatic carbocycles. The minimum atomic E-state index is -1.01. The van der Waals surface area contributed by atoms with Gasteiger partial charge in [-0.1, -0.05) is 24.3 Å². The summed E-state index contributed by atoms with van der Waals surface area (Å²) in [5.74, 6) is -1.45. The molecule has 0 aliphatic rings. The number of aliphatic carboxylic acids is 1. The number of rotatable bonds is 5. The second kappa shape index (κ2) is 7.98. The van der Waals surface area contributed by atoms with Gasteiger partial charge in [0.05, 0.1) is 11.9 Å². The van der Waals surface area contributed by atoms with Gasteiger partial charge in [-0.15, -0.1) is 0 Å². The van der Waals surface area contributed by atoms with Gasteiger partial charge in [-0.2, -0.15) is 5.10 Å². The van der Waals surface area contributed by atoms with Crippen molar-refractivity contribution in [2.24, 2.45) is 0 Å². The van der Waals surface area contributed by atoms with E-state index in [2.05, 4.69) is 4.98 Å². The molecule has 0 saturated carbocycles. The Morgan fingerprint density at radius 2 is 1.85 bits per heavy atom. The van der Waals surface area contributed by atoms with Crippen LogP contribution in [0.4, 0.5) is 4.39 Å². The molecule has 3 aromatic heterocycles. The van der Waals surface area contributed by atoms with Gasteiger partial charge in [0.25, 0.3) is 5.56 Å². The molecule has 0 aliphatic carbocycles. The lowest BCUT2D eigenvalue weighted by Crippen LogP contribution is -2.24. The molecule has 0 unspecified atom stereocenters. The summed E-state index contributed by atoms with van der Waals surface area (Å²) >= 11 is 0. The van der Waals surface area contributed by atoms with Gasteiger partial charge in [-0.25, -0.2) is 9.07 Å². The first-order chi connectivity index (χ1) is 15.9. The number of benzene rings is 2.